The molecule has 0 spiro atoms. The van der Waals surface area contributed by atoms with Crippen molar-refractivity contribution in [2.45, 2.75) is 44.6 Å². The Bertz CT molecular complexity index is 640. The highest BCUT2D eigenvalue weighted by Crippen LogP contribution is 2.31. The van der Waals surface area contributed by atoms with Gasteiger partial charge in [-0.15, -0.1) is 0 Å². The van der Waals surface area contributed by atoms with E-state index in [1.165, 1.54) is 10.5 Å². The van der Waals surface area contributed by atoms with Crippen LogP contribution in [0.15, 0.2) is 18.2 Å². The van der Waals surface area contributed by atoms with Crippen LogP contribution in [0.25, 0.3) is 0 Å². The molecular weight excluding hydrogens is 294 g/mol. The first kappa shape index (κ1) is 15.5. The third-order valence-corrected chi connectivity index (χ3v) is 4.53. The second kappa shape index (κ2) is 6.40. The van der Waals surface area contributed by atoms with Crippen LogP contribution < -0.4 is 11.1 Å². The number of aryl methyl sites for hydroxylation is 1. The number of nitrogens with zero attached hydrogens (tertiary/aromatic N) is 1. The van der Waals surface area contributed by atoms with Gasteiger partial charge in [-0.05, 0) is 42.5 Å². The van der Waals surface area contributed by atoms with E-state index in [0.29, 0.717) is 0 Å². The van der Waals surface area contributed by atoms with Crippen LogP contribution in [0, 0.1) is 0 Å². The molecule has 3 rings (SSSR count). The Kier molecular flexibility index (Phi) is 4.32. The summed E-state index contributed by atoms with van der Waals surface area (Å²) in [5, 5.41) is 3.02. The summed E-state index contributed by atoms with van der Waals surface area (Å²) in [5.41, 5.74) is 8.86. The number of anilines is 1. The summed E-state index contributed by atoms with van der Waals surface area (Å²) >= 11 is 0. The normalized spacial score (nSPS) is 20.5. The van der Waals surface area contributed by atoms with E-state index in [2.05, 4.69) is 5.32 Å². The van der Waals surface area contributed by atoms with Gasteiger partial charge in [0.2, 0.25) is 17.7 Å². The van der Waals surface area contributed by atoms with E-state index in [0.717, 1.165) is 30.5 Å². The maximum absolute atomic E-state index is 12.2. The first-order valence-corrected chi connectivity index (χ1v) is 8.05. The zero-order chi connectivity index (χ0) is 16.4. The molecule has 0 saturated carbocycles. The lowest BCUT2D eigenvalue weighted by molar-refractivity contribution is -0.138. The molecule has 1 aliphatic heterocycles. The Morgan fingerprint density at radius 3 is 2.70 bits per heavy atom. The molecule has 1 saturated heterocycles. The van der Waals surface area contributed by atoms with Gasteiger partial charge in [0, 0.05) is 31.5 Å². The number of nitrogen functional groups attached to an aromatic ring is 1. The van der Waals surface area contributed by atoms with Crippen molar-refractivity contribution in [3.63, 3.8) is 0 Å². The van der Waals surface area contributed by atoms with Gasteiger partial charge in [0.1, 0.15) is 0 Å². The average Bonchev–Trinajstić information content (AvgIpc) is 2.84. The Balaban J connectivity index is 1.59. The molecule has 122 valence electrons. The molecule has 1 unspecified atom stereocenters. The maximum Gasteiger partial charge on any atom is 0.229 e. The first-order chi connectivity index (χ1) is 11.0. The number of carbonyl (C=O) groups is 3. The van der Waals surface area contributed by atoms with Crippen LogP contribution in [0.4, 0.5) is 5.69 Å². The second-order valence-electron chi connectivity index (χ2n) is 6.16. The summed E-state index contributed by atoms with van der Waals surface area (Å²) in [6, 6.07) is 5.78. The number of likely N-dealkylation sites (tertiary alicyclic amines) is 1. The SMILES string of the molecule is Nc1ccc2c(c1)CCCC2NC(=O)CCN1C(=O)CCC1=O. The molecule has 6 nitrogen and oxygen atoms in total. The second-order valence-corrected chi connectivity index (χ2v) is 6.16. The molecule has 0 bridgehead atoms. The number of benzene rings is 1. The van der Waals surface area contributed by atoms with Crippen molar-refractivity contribution >= 4 is 23.4 Å². The maximum atomic E-state index is 12.2. The summed E-state index contributed by atoms with van der Waals surface area (Å²) in [4.78, 5) is 36.5. The highest BCUT2D eigenvalue weighted by Gasteiger charge is 2.29. The summed E-state index contributed by atoms with van der Waals surface area (Å²) in [7, 11) is 0. The van der Waals surface area contributed by atoms with Gasteiger partial charge in [0.25, 0.3) is 0 Å². The minimum Gasteiger partial charge on any atom is -0.399 e. The van der Waals surface area contributed by atoms with Gasteiger partial charge >= 0.3 is 0 Å². The average molecular weight is 315 g/mol. The van der Waals surface area contributed by atoms with E-state index in [1.54, 1.807) is 0 Å². The molecule has 23 heavy (non-hydrogen) atoms. The highest BCUT2D eigenvalue weighted by molar-refractivity contribution is 6.02. The lowest BCUT2D eigenvalue weighted by Crippen LogP contribution is -2.36. The number of carbonyl (C=O) groups excluding carboxylic acids is 3. The van der Waals surface area contributed by atoms with E-state index in [-0.39, 0.29) is 49.6 Å². The van der Waals surface area contributed by atoms with Crippen LogP contribution in [0.2, 0.25) is 0 Å². The predicted molar refractivity (Wildman–Crippen MR) is 85.2 cm³/mol. The quantitative estimate of drug-likeness (QED) is 0.647. The number of hydrogen-bond acceptors (Lipinski definition) is 4. The fourth-order valence-electron chi connectivity index (χ4n) is 3.34. The van der Waals surface area contributed by atoms with E-state index in [9.17, 15) is 14.4 Å². The van der Waals surface area contributed by atoms with Crippen LogP contribution in [-0.2, 0) is 20.8 Å². The molecule has 3 amide bonds. The van der Waals surface area contributed by atoms with Crippen molar-refractivity contribution in [3.05, 3.63) is 29.3 Å². The van der Waals surface area contributed by atoms with Crippen molar-refractivity contribution in [1.29, 1.82) is 0 Å². The smallest absolute Gasteiger partial charge is 0.229 e. The van der Waals surface area contributed by atoms with E-state index in [1.807, 2.05) is 18.2 Å². The van der Waals surface area contributed by atoms with E-state index in [4.69, 9.17) is 5.73 Å². The Hall–Kier alpha value is -2.37. The van der Waals surface area contributed by atoms with Crippen LogP contribution in [-0.4, -0.2) is 29.2 Å². The summed E-state index contributed by atoms with van der Waals surface area (Å²) < 4.78 is 0. The van der Waals surface area contributed by atoms with Gasteiger partial charge in [-0.25, -0.2) is 0 Å². The number of amides is 3. The monoisotopic (exact) mass is 315 g/mol. The van der Waals surface area contributed by atoms with E-state index < -0.39 is 0 Å². The third kappa shape index (κ3) is 3.36. The molecule has 6 heteroatoms. The fourth-order valence-corrected chi connectivity index (χ4v) is 3.34. The lowest BCUT2D eigenvalue weighted by atomic mass is 9.87. The van der Waals surface area contributed by atoms with Crippen molar-refractivity contribution in [2.24, 2.45) is 0 Å². The molecule has 1 fully saturated rings. The molecule has 0 aromatic heterocycles. The number of nitrogens with one attached hydrogen (secondary N) is 1. The van der Waals surface area contributed by atoms with Crippen molar-refractivity contribution in [3.8, 4) is 0 Å². The fraction of sp³-hybridized carbons (Fsp3) is 0.471. The largest absolute Gasteiger partial charge is 0.399 e. The summed E-state index contributed by atoms with van der Waals surface area (Å²) in [6.07, 6.45) is 3.55. The van der Waals surface area contributed by atoms with Gasteiger partial charge in [0.05, 0.1) is 6.04 Å². The predicted octanol–water partition coefficient (Wildman–Crippen LogP) is 1.30. The molecule has 3 N–H and O–H groups in total. The van der Waals surface area contributed by atoms with Crippen LogP contribution in [0.5, 0.6) is 0 Å². The van der Waals surface area contributed by atoms with Crippen molar-refractivity contribution < 1.29 is 14.4 Å². The van der Waals surface area contributed by atoms with Gasteiger partial charge in [-0.1, -0.05) is 6.07 Å². The van der Waals surface area contributed by atoms with Gasteiger partial charge in [-0.3, -0.25) is 19.3 Å². The molecule has 1 aromatic rings. The Morgan fingerprint density at radius 1 is 1.22 bits per heavy atom. The first-order valence-electron chi connectivity index (χ1n) is 8.05. The zero-order valence-corrected chi connectivity index (χ0v) is 13.0. The number of nitrogens with two attached hydrogens (primary N) is 1. The molecule has 1 aliphatic carbocycles. The zero-order valence-electron chi connectivity index (χ0n) is 13.0. The van der Waals surface area contributed by atoms with Crippen LogP contribution in [0.3, 0.4) is 0 Å². The van der Waals surface area contributed by atoms with Crippen LogP contribution in [0.1, 0.15) is 49.3 Å². The third-order valence-electron chi connectivity index (χ3n) is 4.53. The minimum absolute atomic E-state index is 0.0168. The Morgan fingerprint density at radius 2 is 1.96 bits per heavy atom. The highest BCUT2D eigenvalue weighted by atomic mass is 16.2. The molecule has 0 radical (unpaired) electrons. The number of rotatable bonds is 4. The lowest BCUT2D eigenvalue weighted by Gasteiger charge is -2.27. The summed E-state index contributed by atoms with van der Waals surface area (Å²) in [6.45, 7) is 0.171. The minimum atomic E-state index is -0.179. The Labute approximate surface area is 135 Å². The number of imide groups is 1. The van der Waals surface area contributed by atoms with Crippen LogP contribution >= 0.6 is 0 Å². The van der Waals surface area contributed by atoms with Gasteiger partial charge in [-0.2, -0.15) is 0 Å². The van der Waals surface area contributed by atoms with Crippen molar-refractivity contribution in [1.82, 2.24) is 10.2 Å². The molecular formula is C17H21N3O3. The van der Waals surface area contributed by atoms with Crippen molar-refractivity contribution in [2.75, 3.05) is 12.3 Å². The van der Waals surface area contributed by atoms with Gasteiger partial charge in [0.15, 0.2) is 0 Å². The topological polar surface area (TPSA) is 92.5 Å². The summed E-state index contributed by atoms with van der Waals surface area (Å²) in [5.74, 6) is -0.491. The molecule has 2 aliphatic rings. The standard InChI is InChI=1S/C17H21N3O3/c18-12-4-5-13-11(10-12)2-1-3-14(13)19-15(21)8-9-20-16(22)6-7-17(20)23/h4-5,10,14H,1-3,6-9,18H2,(H,19,21). The molecule has 1 aromatic carbocycles. The molecule has 1 heterocycles. The number of fused-ring (bicyclic) bond motifs is 1. The number of hydrogen-bond donors (Lipinski definition) is 2. The van der Waals surface area contributed by atoms with Gasteiger partial charge < -0.3 is 11.1 Å². The van der Waals surface area contributed by atoms with E-state index >= 15 is 0 Å². The molecule has 1 atom stereocenters.